The second kappa shape index (κ2) is 7.29. The van der Waals surface area contributed by atoms with Crippen molar-refractivity contribution < 1.29 is 10.2 Å². The van der Waals surface area contributed by atoms with Gasteiger partial charge in [0.1, 0.15) is 11.5 Å². The molecule has 3 rings (SSSR count). The van der Waals surface area contributed by atoms with Crippen LogP contribution < -0.4 is 0 Å². The summed E-state index contributed by atoms with van der Waals surface area (Å²) < 4.78 is 0. The van der Waals surface area contributed by atoms with Crippen LogP contribution in [0.2, 0.25) is 0 Å². The second-order valence-corrected chi connectivity index (χ2v) is 7.35. The number of hydrogen-bond acceptors (Lipinski definition) is 2. The van der Waals surface area contributed by atoms with Gasteiger partial charge in [0.25, 0.3) is 0 Å². The average molecular weight is 324 g/mol. The maximum Gasteiger partial charge on any atom is 0.115 e. The number of benzene rings is 2. The van der Waals surface area contributed by atoms with Crippen molar-refractivity contribution in [1.29, 1.82) is 0 Å². The van der Waals surface area contributed by atoms with E-state index in [9.17, 15) is 10.2 Å². The Labute approximate surface area is 145 Å². The van der Waals surface area contributed by atoms with Crippen molar-refractivity contribution >= 4 is 0 Å². The molecule has 1 saturated carbocycles. The normalized spacial score (nSPS) is 25.3. The highest BCUT2D eigenvalue weighted by molar-refractivity contribution is 5.31. The van der Waals surface area contributed by atoms with E-state index in [0.29, 0.717) is 35.2 Å². The van der Waals surface area contributed by atoms with Crippen molar-refractivity contribution in [2.24, 2.45) is 11.8 Å². The third kappa shape index (κ3) is 3.58. The maximum absolute atomic E-state index is 9.55. The van der Waals surface area contributed by atoms with Gasteiger partial charge in [-0.3, -0.25) is 0 Å². The molecule has 1 aliphatic rings. The van der Waals surface area contributed by atoms with E-state index < -0.39 is 0 Å². The number of phenols is 2. The van der Waals surface area contributed by atoms with Gasteiger partial charge in [0, 0.05) is 0 Å². The van der Waals surface area contributed by atoms with Crippen LogP contribution in [0, 0.1) is 11.8 Å². The SMILES string of the molecule is CCC(c1ccc(O)cc1)C1CCC(C)C(c2ccc(O)cc2)C1. The van der Waals surface area contributed by atoms with E-state index in [1.54, 1.807) is 12.1 Å². The molecule has 0 amide bonds. The molecule has 0 bridgehead atoms. The molecule has 2 N–H and O–H groups in total. The van der Waals surface area contributed by atoms with Gasteiger partial charge in [0.15, 0.2) is 0 Å². The molecule has 1 aliphatic carbocycles. The van der Waals surface area contributed by atoms with Crippen molar-refractivity contribution in [2.45, 2.75) is 51.4 Å². The summed E-state index contributed by atoms with van der Waals surface area (Å²) in [5, 5.41) is 19.1. The first-order valence-electron chi connectivity index (χ1n) is 9.16. The van der Waals surface area contributed by atoms with Crippen molar-refractivity contribution in [1.82, 2.24) is 0 Å². The molecular weight excluding hydrogens is 296 g/mol. The van der Waals surface area contributed by atoms with Gasteiger partial charge in [-0.25, -0.2) is 0 Å². The molecule has 2 heteroatoms. The van der Waals surface area contributed by atoms with Crippen molar-refractivity contribution in [3.05, 3.63) is 59.7 Å². The van der Waals surface area contributed by atoms with Crippen LogP contribution in [0.1, 0.15) is 62.5 Å². The second-order valence-electron chi connectivity index (χ2n) is 7.35. The fourth-order valence-corrected chi connectivity index (χ4v) is 4.47. The number of rotatable bonds is 4. The van der Waals surface area contributed by atoms with Gasteiger partial charge in [0.2, 0.25) is 0 Å². The van der Waals surface area contributed by atoms with Crippen LogP contribution in [0.15, 0.2) is 48.5 Å². The predicted octanol–water partition coefficient (Wildman–Crippen LogP) is 5.81. The van der Waals surface area contributed by atoms with Crippen molar-refractivity contribution in [3.63, 3.8) is 0 Å². The molecule has 4 atom stereocenters. The smallest absolute Gasteiger partial charge is 0.115 e. The molecule has 2 aromatic carbocycles. The molecule has 4 unspecified atom stereocenters. The first-order valence-corrected chi connectivity index (χ1v) is 9.16. The van der Waals surface area contributed by atoms with Gasteiger partial charge < -0.3 is 10.2 Å². The largest absolute Gasteiger partial charge is 0.508 e. The molecule has 0 spiro atoms. The van der Waals surface area contributed by atoms with E-state index in [-0.39, 0.29) is 0 Å². The molecule has 128 valence electrons. The highest BCUT2D eigenvalue weighted by atomic mass is 16.3. The Morgan fingerprint density at radius 2 is 1.50 bits per heavy atom. The standard InChI is InChI=1S/C22H28O2/c1-3-21(16-6-10-19(23)11-7-16)18-5-4-15(2)22(14-18)17-8-12-20(24)13-9-17/h6-13,15,18,21-24H,3-5,14H2,1-2H3. The van der Waals surface area contributed by atoms with E-state index in [1.165, 1.54) is 30.4 Å². The summed E-state index contributed by atoms with van der Waals surface area (Å²) in [6.07, 6.45) is 4.86. The molecule has 0 heterocycles. The summed E-state index contributed by atoms with van der Waals surface area (Å²) in [4.78, 5) is 0. The van der Waals surface area contributed by atoms with Gasteiger partial charge in [0.05, 0.1) is 0 Å². The Hall–Kier alpha value is -1.96. The number of phenolic OH excluding ortho intramolecular Hbond substituents is 2. The molecule has 2 nitrogen and oxygen atoms in total. The fraction of sp³-hybridized carbons (Fsp3) is 0.455. The van der Waals surface area contributed by atoms with Crippen molar-refractivity contribution in [2.75, 3.05) is 0 Å². The molecule has 24 heavy (non-hydrogen) atoms. The van der Waals surface area contributed by atoms with E-state index in [1.807, 2.05) is 12.1 Å². The Bertz CT molecular complexity index is 601. The minimum atomic E-state index is 0.341. The lowest BCUT2D eigenvalue weighted by Crippen LogP contribution is -2.25. The molecule has 0 aliphatic heterocycles. The predicted molar refractivity (Wildman–Crippen MR) is 98.5 cm³/mol. The summed E-state index contributed by atoms with van der Waals surface area (Å²) in [5.41, 5.74) is 2.70. The van der Waals surface area contributed by atoms with Crippen LogP contribution in [-0.4, -0.2) is 10.2 Å². The van der Waals surface area contributed by atoms with Gasteiger partial charge in [-0.2, -0.15) is 0 Å². The summed E-state index contributed by atoms with van der Waals surface area (Å²) in [6.45, 7) is 4.63. The minimum absolute atomic E-state index is 0.341. The average Bonchev–Trinajstić information content (AvgIpc) is 2.59. The van der Waals surface area contributed by atoms with Gasteiger partial charge >= 0.3 is 0 Å². The summed E-state index contributed by atoms with van der Waals surface area (Å²) in [6, 6.07) is 15.6. The van der Waals surface area contributed by atoms with E-state index >= 15 is 0 Å². The van der Waals surface area contributed by atoms with Crippen LogP contribution in [0.5, 0.6) is 11.5 Å². The van der Waals surface area contributed by atoms with E-state index in [2.05, 4.69) is 38.1 Å². The zero-order valence-corrected chi connectivity index (χ0v) is 14.7. The molecular formula is C22H28O2. The Kier molecular flexibility index (Phi) is 5.13. The zero-order valence-electron chi connectivity index (χ0n) is 14.7. The van der Waals surface area contributed by atoms with Gasteiger partial charge in [-0.05, 0) is 84.7 Å². The lowest BCUT2D eigenvalue weighted by Gasteiger charge is -2.38. The quantitative estimate of drug-likeness (QED) is 0.745. The lowest BCUT2D eigenvalue weighted by molar-refractivity contribution is 0.218. The Morgan fingerprint density at radius 3 is 2.08 bits per heavy atom. The van der Waals surface area contributed by atoms with Crippen LogP contribution in [0.25, 0.3) is 0 Å². The van der Waals surface area contributed by atoms with Gasteiger partial charge in [-0.15, -0.1) is 0 Å². The van der Waals surface area contributed by atoms with Crippen molar-refractivity contribution in [3.8, 4) is 11.5 Å². The Morgan fingerprint density at radius 1 is 0.917 bits per heavy atom. The maximum atomic E-state index is 9.55. The number of hydrogen-bond donors (Lipinski definition) is 2. The minimum Gasteiger partial charge on any atom is -0.508 e. The highest BCUT2D eigenvalue weighted by Gasteiger charge is 2.33. The topological polar surface area (TPSA) is 40.5 Å². The van der Waals surface area contributed by atoms with Crippen LogP contribution in [0.3, 0.4) is 0 Å². The molecule has 0 saturated heterocycles. The number of aromatic hydroxyl groups is 2. The molecule has 0 radical (unpaired) electrons. The zero-order chi connectivity index (χ0) is 17.1. The summed E-state index contributed by atoms with van der Waals surface area (Å²) >= 11 is 0. The monoisotopic (exact) mass is 324 g/mol. The van der Waals surface area contributed by atoms with E-state index in [0.717, 1.165) is 6.42 Å². The highest BCUT2D eigenvalue weighted by Crippen LogP contribution is 2.46. The van der Waals surface area contributed by atoms with Gasteiger partial charge in [-0.1, -0.05) is 38.1 Å². The Balaban J connectivity index is 1.80. The molecule has 0 aromatic heterocycles. The van der Waals surface area contributed by atoms with Crippen LogP contribution >= 0.6 is 0 Å². The molecule has 1 fully saturated rings. The third-order valence-corrected chi connectivity index (χ3v) is 5.89. The fourth-order valence-electron chi connectivity index (χ4n) is 4.47. The third-order valence-electron chi connectivity index (χ3n) is 5.89. The summed E-state index contributed by atoms with van der Waals surface area (Å²) in [5.74, 6) is 3.16. The summed E-state index contributed by atoms with van der Waals surface area (Å²) in [7, 11) is 0. The van der Waals surface area contributed by atoms with E-state index in [4.69, 9.17) is 0 Å². The van der Waals surface area contributed by atoms with Crippen LogP contribution in [-0.2, 0) is 0 Å². The first kappa shape index (κ1) is 16.9. The first-order chi connectivity index (χ1) is 11.6. The molecule has 2 aromatic rings. The lowest BCUT2D eigenvalue weighted by atomic mass is 9.66. The van der Waals surface area contributed by atoms with Crippen LogP contribution in [0.4, 0.5) is 0 Å².